The smallest absolute Gasteiger partial charge is 0.411 e. The first-order valence-electron chi connectivity index (χ1n) is 10.5. The minimum Gasteiger partial charge on any atom is -0.459 e. The van der Waals surface area contributed by atoms with Gasteiger partial charge >= 0.3 is 12.1 Å². The maximum Gasteiger partial charge on any atom is 0.411 e. The minimum atomic E-state index is -0.642. The van der Waals surface area contributed by atoms with E-state index in [1.807, 2.05) is 58.0 Å². The zero-order chi connectivity index (χ0) is 21.5. The van der Waals surface area contributed by atoms with Gasteiger partial charge in [-0.1, -0.05) is 55.8 Å². The van der Waals surface area contributed by atoms with E-state index in [4.69, 9.17) is 9.47 Å². The van der Waals surface area contributed by atoms with Crippen molar-refractivity contribution >= 4 is 12.1 Å². The molecule has 0 heterocycles. The highest BCUT2D eigenvalue weighted by Crippen LogP contribution is 2.32. The molecule has 0 spiro atoms. The molecular weight excluding hydrogens is 366 g/mol. The van der Waals surface area contributed by atoms with Crippen LogP contribution < -0.4 is 0 Å². The molecule has 1 aliphatic rings. The van der Waals surface area contributed by atoms with Crippen molar-refractivity contribution in [1.82, 2.24) is 4.90 Å². The summed E-state index contributed by atoms with van der Waals surface area (Å²) in [5.41, 5.74) is -0.333. The van der Waals surface area contributed by atoms with Gasteiger partial charge in [-0.15, -0.1) is 0 Å². The molecule has 1 aromatic rings. The van der Waals surface area contributed by atoms with Crippen LogP contribution in [0.2, 0.25) is 0 Å². The summed E-state index contributed by atoms with van der Waals surface area (Å²) in [6, 6.07) is 9.52. The number of esters is 1. The molecule has 0 bridgehead atoms. The van der Waals surface area contributed by atoms with Gasteiger partial charge in [0.05, 0.1) is 5.54 Å². The number of allylic oxidation sites excluding steroid dienone is 1. The molecule has 0 saturated carbocycles. The van der Waals surface area contributed by atoms with E-state index >= 15 is 0 Å². The van der Waals surface area contributed by atoms with Gasteiger partial charge in [-0.2, -0.15) is 0 Å². The van der Waals surface area contributed by atoms with E-state index in [0.29, 0.717) is 5.92 Å². The molecule has 2 atom stereocenters. The second-order valence-corrected chi connectivity index (χ2v) is 9.21. The first kappa shape index (κ1) is 23.0. The molecule has 1 aromatic carbocycles. The van der Waals surface area contributed by atoms with Crippen LogP contribution in [0.4, 0.5) is 4.79 Å². The predicted octanol–water partition coefficient (Wildman–Crippen LogP) is 5.49. The second kappa shape index (κ2) is 9.95. The second-order valence-electron chi connectivity index (χ2n) is 9.21. The summed E-state index contributed by atoms with van der Waals surface area (Å²) in [6.07, 6.45) is 7.65. The molecule has 2 rings (SSSR count). The van der Waals surface area contributed by atoms with Crippen LogP contribution in [0.5, 0.6) is 0 Å². The Morgan fingerprint density at radius 1 is 1.21 bits per heavy atom. The zero-order valence-electron chi connectivity index (χ0n) is 18.4. The lowest BCUT2D eigenvalue weighted by molar-refractivity contribution is -0.147. The molecule has 1 amide bonds. The normalized spacial score (nSPS) is 23.4. The molecular formula is C24H35NO4. The van der Waals surface area contributed by atoms with Crippen LogP contribution in [0, 0.1) is 5.92 Å². The van der Waals surface area contributed by atoms with Crippen LogP contribution in [-0.2, 0) is 20.9 Å². The topological polar surface area (TPSA) is 55.8 Å². The van der Waals surface area contributed by atoms with Gasteiger partial charge in [-0.05, 0) is 58.4 Å². The third-order valence-electron chi connectivity index (χ3n) is 5.07. The number of amides is 1. The van der Waals surface area contributed by atoms with Crippen molar-refractivity contribution < 1.29 is 19.1 Å². The van der Waals surface area contributed by atoms with Gasteiger partial charge in [-0.25, -0.2) is 4.79 Å². The summed E-state index contributed by atoms with van der Waals surface area (Å²) >= 11 is 0. The molecule has 0 aromatic heterocycles. The van der Waals surface area contributed by atoms with Crippen LogP contribution in [0.25, 0.3) is 0 Å². The number of carbonyl (C=O) groups is 2. The molecule has 5 nitrogen and oxygen atoms in total. The summed E-state index contributed by atoms with van der Waals surface area (Å²) in [7, 11) is 0. The maximum absolute atomic E-state index is 13.0. The minimum absolute atomic E-state index is 0.144. The molecule has 0 saturated heterocycles. The van der Waals surface area contributed by atoms with Crippen LogP contribution >= 0.6 is 0 Å². The third kappa shape index (κ3) is 7.56. The van der Waals surface area contributed by atoms with Gasteiger partial charge < -0.3 is 9.47 Å². The van der Waals surface area contributed by atoms with Gasteiger partial charge in [0.2, 0.25) is 0 Å². The number of ether oxygens (including phenoxy) is 2. The Morgan fingerprint density at radius 2 is 1.90 bits per heavy atom. The number of benzene rings is 1. The number of hydrogen-bond acceptors (Lipinski definition) is 4. The lowest BCUT2D eigenvalue weighted by Crippen LogP contribution is -2.53. The number of nitrogens with zero attached hydrogens (tertiary/aromatic N) is 1. The standard InChI is InChI=1S/C24H35NO4/c1-19-12-8-7-11-15-24(5,16-19)25(22(27)29-23(2,3)4)17-21(26)28-18-20-13-9-6-10-14-20/h6,9-11,13-15,19H,7-8,12,16-18H2,1-5H3/b15-11+. The quantitative estimate of drug-likeness (QED) is 0.483. The Morgan fingerprint density at radius 3 is 2.55 bits per heavy atom. The van der Waals surface area contributed by atoms with E-state index < -0.39 is 23.2 Å². The SMILES string of the molecule is CC1CCC/C=C/C(C)(N(CC(=O)OCc2ccccc2)C(=O)OC(C)(C)C)C1. The van der Waals surface area contributed by atoms with Gasteiger partial charge in [0.25, 0.3) is 0 Å². The van der Waals surface area contributed by atoms with Gasteiger partial charge in [0.1, 0.15) is 18.8 Å². The van der Waals surface area contributed by atoms with Crippen molar-refractivity contribution in [2.45, 2.75) is 78.0 Å². The van der Waals surface area contributed by atoms with Crippen molar-refractivity contribution in [3.05, 3.63) is 48.0 Å². The summed E-state index contributed by atoms with van der Waals surface area (Å²) in [6.45, 7) is 9.72. The van der Waals surface area contributed by atoms with Gasteiger partial charge in [0, 0.05) is 0 Å². The Bertz CT molecular complexity index is 707. The highest BCUT2D eigenvalue weighted by Gasteiger charge is 2.39. The zero-order valence-corrected chi connectivity index (χ0v) is 18.4. The van der Waals surface area contributed by atoms with Gasteiger partial charge in [0.15, 0.2) is 0 Å². The van der Waals surface area contributed by atoms with Crippen molar-refractivity contribution in [3.8, 4) is 0 Å². The van der Waals surface area contributed by atoms with Crippen LogP contribution in [0.15, 0.2) is 42.5 Å². The maximum atomic E-state index is 13.0. The fourth-order valence-corrected chi connectivity index (χ4v) is 3.68. The fraction of sp³-hybridized carbons (Fsp3) is 0.583. The van der Waals surface area contributed by atoms with Crippen molar-refractivity contribution in [2.24, 2.45) is 5.92 Å². The van der Waals surface area contributed by atoms with E-state index in [0.717, 1.165) is 31.2 Å². The highest BCUT2D eigenvalue weighted by atomic mass is 16.6. The van der Waals surface area contributed by atoms with E-state index in [1.54, 1.807) is 0 Å². The van der Waals surface area contributed by atoms with Crippen LogP contribution in [0.1, 0.15) is 65.9 Å². The van der Waals surface area contributed by atoms with Gasteiger partial charge in [-0.3, -0.25) is 9.69 Å². The predicted molar refractivity (Wildman–Crippen MR) is 114 cm³/mol. The first-order chi connectivity index (χ1) is 13.6. The van der Waals surface area contributed by atoms with Crippen molar-refractivity contribution in [3.63, 3.8) is 0 Å². The number of hydrogen-bond donors (Lipinski definition) is 0. The lowest BCUT2D eigenvalue weighted by Gasteiger charge is -2.41. The Labute approximate surface area is 175 Å². The molecule has 1 aliphatic carbocycles. The van der Waals surface area contributed by atoms with Crippen molar-refractivity contribution in [2.75, 3.05) is 6.54 Å². The summed E-state index contributed by atoms with van der Waals surface area (Å²) in [5, 5.41) is 0. The monoisotopic (exact) mass is 401 g/mol. The molecule has 2 unspecified atom stereocenters. The Hall–Kier alpha value is -2.30. The largest absolute Gasteiger partial charge is 0.459 e. The van der Waals surface area contributed by atoms with Crippen molar-refractivity contribution in [1.29, 1.82) is 0 Å². The summed E-state index contributed by atoms with van der Waals surface area (Å²) in [4.78, 5) is 27.2. The van der Waals surface area contributed by atoms with E-state index in [9.17, 15) is 9.59 Å². The fourth-order valence-electron chi connectivity index (χ4n) is 3.68. The molecule has 0 N–H and O–H groups in total. The van der Waals surface area contributed by atoms with Crippen LogP contribution in [-0.4, -0.2) is 34.6 Å². The molecule has 0 fully saturated rings. The van der Waals surface area contributed by atoms with E-state index in [2.05, 4.69) is 19.1 Å². The first-order valence-corrected chi connectivity index (χ1v) is 10.5. The van der Waals surface area contributed by atoms with E-state index in [1.165, 1.54) is 4.90 Å². The lowest BCUT2D eigenvalue weighted by atomic mass is 9.83. The van der Waals surface area contributed by atoms with E-state index in [-0.39, 0.29) is 13.2 Å². The summed E-state index contributed by atoms with van der Waals surface area (Å²) in [5.74, 6) is -0.000671. The molecule has 29 heavy (non-hydrogen) atoms. The number of rotatable bonds is 5. The molecule has 160 valence electrons. The molecule has 5 heteroatoms. The number of carbonyl (C=O) groups excluding carboxylic acids is 2. The van der Waals surface area contributed by atoms with Crippen LogP contribution in [0.3, 0.4) is 0 Å². The highest BCUT2D eigenvalue weighted by molar-refractivity contribution is 5.79. The molecule has 0 radical (unpaired) electrons. The average Bonchev–Trinajstić information content (AvgIpc) is 2.62. The average molecular weight is 402 g/mol. The summed E-state index contributed by atoms with van der Waals surface area (Å²) < 4.78 is 11.1. The Kier molecular flexibility index (Phi) is 7.88. The Balaban J connectivity index is 2.18. The molecule has 0 aliphatic heterocycles. The third-order valence-corrected chi connectivity index (χ3v) is 5.07.